The lowest BCUT2D eigenvalue weighted by atomic mass is 9.92. The number of nitrogens with one attached hydrogen (secondary N) is 1. The third kappa shape index (κ3) is 8.52. The molecule has 0 heterocycles. The number of carboxylic acid groups (broad SMARTS) is 1. The summed E-state index contributed by atoms with van der Waals surface area (Å²) in [6, 6.07) is 13.5. The summed E-state index contributed by atoms with van der Waals surface area (Å²) < 4.78 is 0. The van der Waals surface area contributed by atoms with E-state index in [1.807, 2.05) is 18.2 Å². The number of nitrogen functional groups attached to an aromatic ring is 1. The van der Waals surface area contributed by atoms with Crippen LogP contribution in [0.4, 0.5) is 5.69 Å². The quantitative estimate of drug-likeness (QED) is 0.250. The number of aliphatic hydroxyl groups excluding tert-OH is 1. The zero-order valence-electron chi connectivity index (χ0n) is 17.0. The van der Waals surface area contributed by atoms with E-state index in [0.29, 0.717) is 34.4 Å². The van der Waals surface area contributed by atoms with Crippen LogP contribution in [0, 0.1) is 5.92 Å². The van der Waals surface area contributed by atoms with Crippen molar-refractivity contribution < 1.29 is 15.0 Å². The molecular formula is C23H30Cl2N2O3. The number of aliphatic carboxylic acids is 1. The Morgan fingerprint density at radius 2 is 1.70 bits per heavy atom. The zero-order chi connectivity index (χ0) is 21.9. The smallest absolute Gasteiger partial charge is 0.303 e. The van der Waals surface area contributed by atoms with Crippen molar-refractivity contribution in [2.24, 2.45) is 5.92 Å². The van der Waals surface area contributed by atoms with E-state index >= 15 is 0 Å². The molecule has 0 radical (unpaired) electrons. The number of aryl methyl sites for hydroxylation is 1. The van der Waals surface area contributed by atoms with E-state index in [0.717, 1.165) is 32.1 Å². The zero-order valence-corrected chi connectivity index (χ0v) is 18.5. The second kappa shape index (κ2) is 12.8. The first-order valence-corrected chi connectivity index (χ1v) is 11.0. The summed E-state index contributed by atoms with van der Waals surface area (Å²) in [6.07, 6.45) is 3.97. The molecule has 30 heavy (non-hydrogen) atoms. The van der Waals surface area contributed by atoms with Gasteiger partial charge in [-0.15, -0.1) is 0 Å². The van der Waals surface area contributed by atoms with Gasteiger partial charge in [-0.3, -0.25) is 4.79 Å². The van der Waals surface area contributed by atoms with Gasteiger partial charge in [0.1, 0.15) is 0 Å². The molecule has 0 aliphatic carbocycles. The topological polar surface area (TPSA) is 95.6 Å². The van der Waals surface area contributed by atoms with Crippen molar-refractivity contribution >= 4 is 34.9 Å². The number of anilines is 1. The van der Waals surface area contributed by atoms with Crippen LogP contribution in [0.15, 0.2) is 42.5 Å². The summed E-state index contributed by atoms with van der Waals surface area (Å²) >= 11 is 12.0. The minimum absolute atomic E-state index is 0.160. The molecule has 5 N–H and O–H groups in total. The lowest BCUT2D eigenvalue weighted by molar-refractivity contribution is -0.138. The van der Waals surface area contributed by atoms with Crippen molar-refractivity contribution in [3.8, 4) is 0 Å². The summed E-state index contributed by atoms with van der Waals surface area (Å²) in [5.74, 6) is -0.590. The molecule has 7 heteroatoms. The van der Waals surface area contributed by atoms with Crippen LogP contribution in [0.1, 0.15) is 49.3 Å². The summed E-state index contributed by atoms with van der Waals surface area (Å²) in [4.78, 5) is 11.2. The first-order valence-electron chi connectivity index (χ1n) is 10.3. The van der Waals surface area contributed by atoms with Gasteiger partial charge < -0.3 is 21.3 Å². The molecule has 2 atom stereocenters. The molecule has 0 spiro atoms. The normalized spacial score (nSPS) is 13.2. The van der Waals surface area contributed by atoms with Crippen LogP contribution >= 0.6 is 23.2 Å². The molecule has 2 rings (SSSR count). The fraction of sp³-hybridized carbons (Fsp3) is 0.435. The second-order valence-electron chi connectivity index (χ2n) is 7.60. The molecular weight excluding hydrogens is 423 g/mol. The Balaban J connectivity index is 1.70. The molecule has 0 fully saturated rings. The van der Waals surface area contributed by atoms with Gasteiger partial charge in [0.25, 0.3) is 0 Å². The SMILES string of the molecule is Nc1c(Cl)cc(C(O)CNCCCC(CCCc2ccccc2)CC(=O)O)cc1Cl. The average Bonchev–Trinajstić information content (AvgIpc) is 2.71. The summed E-state index contributed by atoms with van der Waals surface area (Å²) in [7, 11) is 0. The van der Waals surface area contributed by atoms with Crippen molar-refractivity contribution in [2.45, 2.75) is 44.6 Å². The molecule has 0 saturated heterocycles. The van der Waals surface area contributed by atoms with Gasteiger partial charge in [0.15, 0.2) is 0 Å². The lowest BCUT2D eigenvalue weighted by Gasteiger charge is -2.16. The molecule has 2 unspecified atom stereocenters. The third-order valence-corrected chi connectivity index (χ3v) is 5.80. The molecule has 164 valence electrons. The first kappa shape index (κ1) is 24.5. The first-order chi connectivity index (χ1) is 14.4. The van der Waals surface area contributed by atoms with Gasteiger partial charge in [-0.2, -0.15) is 0 Å². The van der Waals surface area contributed by atoms with Crippen LogP contribution in [0.3, 0.4) is 0 Å². The number of benzene rings is 2. The molecule has 2 aromatic carbocycles. The summed E-state index contributed by atoms with van der Waals surface area (Å²) in [5.41, 5.74) is 7.91. The maximum Gasteiger partial charge on any atom is 0.303 e. The summed E-state index contributed by atoms with van der Waals surface area (Å²) in [6.45, 7) is 1.05. The molecule has 0 aliphatic heterocycles. The van der Waals surface area contributed by atoms with Crippen LogP contribution in [0.5, 0.6) is 0 Å². The van der Waals surface area contributed by atoms with Gasteiger partial charge in [-0.05, 0) is 67.8 Å². The van der Waals surface area contributed by atoms with Gasteiger partial charge in [-0.25, -0.2) is 0 Å². The Labute approximate surface area is 188 Å². The van der Waals surface area contributed by atoms with Gasteiger partial charge >= 0.3 is 5.97 Å². The molecule has 0 aliphatic rings. The Bertz CT molecular complexity index is 779. The average molecular weight is 453 g/mol. The van der Waals surface area contributed by atoms with E-state index in [9.17, 15) is 15.0 Å². The molecule has 0 aromatic heterocycles. The number of aliphatic hydroxyl groups is 1. The number of hydrogen-bond donors (Lipinski definition) is 4. The fourth-order valence-corrected chi connectivity index (χ4v) is 4.01. The van der Waals surface area contributed by atoms with E-state index < -0.39 is 12.1 Å². The van der Waals surface area contributed by atoms with Crippen LogP contribution in [-0.4, -0.2) is 29.3 Å². The minimum atomic E-state index is -0.750. The predicted molar refractivity (Wildman–Crippen MR) is 123 cm³/mol. The fourth-order valence-electron chi connectivity index (χ4n) is 3.50. The highest BCUT2D eigenvalue weighted by atomic mass is 35.5. The Morgan fingerprint density at radius 3 is 2.33 bits per heavy atom. The van der Waals surface area contributed by atoms with Gasteiger partial charge in [-0.1, -0.05) is 53.5 Å². The number of hydrogen-bond acceptors (Lipinski definition) is 4. The van der Waals surface area contributed by atoms with Gasteiger partial charge in [0.2, 0.25) is 0 Å². The highest BCUT2D eigenvalue weighted by Crippen LogP contribution is 2.31. The molecule has 0 saturated carbocycles. The largest absolute Gasteiger partial charge is 0.481 e. The lowest BCUT2D eigenvalue weighted by Crippen LogP contribution is -2.23. The standard InChI is InChI=1S/C23H30Cl2N2O3/c24-19-13-18(14-20(25)23(19)26)21(28)15-27-11-5-10-17(12-22(29)30)9-4-8-16-6-2-1-3-7-16/h1-3,6-7,13-14,17,21,27-28H,4-5,8-12,15,26H2,(H,29,30). The Hall–Kier alpha value is -1.79. The molecule has 0 amide bonds. The van der Waals surface area contributed by atoms with Crippen molar-refractivity contribution in [1.29, 1.82) is 0 Å². The van der Waals surface area contributed by atoms with Gasteiger partial charge in [0.05, 0.1) is 21.8 Å². The van der Waals surface area contributed by atoms with Crippen molar-refractivity contribution in [2.75, 3.05) is 18.8 Å². The van der Waals surface area contributed by atoms with E-state index in [1.54, 1.807) is 12.1 Å². The number of carbonyl (C=O) groups is 1. The molecule has 5 nitrogen and oxygen atoms in total. The van der Waals surface area contributed by atoms with Crippen molar-refractivity contribution in [3.05, 3.63) is 63.6 Å². The number of halogens is 2. The monoisotopic (exact) mass is 452 g/mol. The number of nitrogens with two attached hydrogens (primary N) is 1. The van der Waals surface area contributed by atoms with E-state index in [1.165, 1.54) is 5.56 Å². The maximum atomic E-state index is 11.2. The van der Waals surface area contributed by atoms with Crippen LogP contribution in [-0.2, 0) is 11.2 Å². The van der Waals surface area contributed by atoms with Crippen LogP contribution in [0.2, 0.25) is 10.0 Å². The minimum Gasteiger partial charge on any atom is -0.481 e. The van der Waals surface area contributed by atoms with E-state index in [4.69, 9.17) is 28.9 Å². The molecule has 2 aromatic rings. The van der Waals surface area contributed by atoms with Gasteiger partial charge in [0, 0.05) is 13.0 Å². The van der Waals surface area contributed by atoms with Crippen LogP contribution < -0.4 is 11.1 Å². The molecule has 0 bridgehead atoms. The Morgan fingerprint density at radius 1 is 1.07 bits per heavy atom. The second-order valence-corrected chi connectivity index (χ2v) is 8.42. The van der Waals surface area contributed by atoms with Crippen molar-refractivity contribution in [1.82, 2.24) is 5.32 Å². The number of carboxylic acids is 1. The predicted octanol–water partition coefficient (Wildman–Crippen LogP) is 5.09. The third-order valence-electron chi connectivity index (χ3n) is 5.17. The maximum absolute atomic E-state index is 11.2. The Kier molecular flexibility index (Phi) is 10.4. The highest BCUT2D eigenvalue weighted by molar-refractivity contribution is 6.38. The van der Waals surface area contributed by atoms with Crippen molar-refractivity contribution in [3.63, 3.8) is 0 Å². The highest BCUT2D eigenvalue weighted by Gasteiger charge is 2.14. The number of rotatable bonds is 13. The summed E-state index contributed by atoms with van der Waals surface area (Å²) in [5, 5.41) is 23.4. The van der Waals surface area contributed by atoms with Crippen LogP contribution in [0.25, 0.3) is 0 Å². The van der Waals surface area contributed by atoms with E-state index in [2.05, 4.69) is 17.4 Å². The van der Waals surface area contributed by atoms with E-state index in [-0.39, 0.29) is 12.3 Å².